The number of fused-ring (bicyclic) bond motifs is 1. The molecular weight excluding hydrogens is 354 g/mol. The highest BCUT2D eigenvalue weighted by molar-refractivity contribution is 6.05. The van der Waals surface area contributed by atoms with Crippen LogP contribution in [0.5, 0.6) is 0 Å². The van der Waals surface area contributed by atoms with Crippen molar-refractivity contribution in [3.8, 4) is 0 Å². The Hall–Kier alpha value is -3.19. The monoisotopic (exact) mass is 377 g/mol. The molecule has 1 aliphatic rings. The van der Waals surface area contributed by atoms with E-state index in [4.69, 9.17) is 5.73 Å². The van der Waals surface area contributed by atoms with Crippen molar-refractivity contribution < 1.29 is 9.59 Å². The number of amides is 2. The van der Waals surface area contributed by atoms with Crippen LogP contribution in [0.15, 0.2) is 48.7 Å². The zero-order valence-corrected chi connectivity index (χ0v) is 15.5. The number of carbonyl (C=O) groups is 2. The highest BCUT2D eigenvalue weighted by Gasteiger charge is 2.24. The molecule has 1 unspecified atom stereocenters. The molecule has 28 heavy (non-hydrogen) atoms. The van der Waals surface area contributed by atoms with E-state index in [2.05, 4.69) is 20.4 Å². The Morgan fingerprint density at radius 3 is 3.00 bits per heavy atom. The number of rotatable bonds is 5. The molecule has 0 aliphatic carbocycles. The minimum absolute atomic E-state index is 0.0855. The van der Waals surface area contributed by atoms with Crippen molar-refractivity contribution in [3.05, 3.63) is 59.8 Å². The van der Waals surface area contributed by atoms with Gasteiger partial charge in [-0.15, -0.1) is 0 Å². The average Bonchev–Trinajstić information content (AvgIpc) is 3.16. The largest absolute Gasteiger partial charge is 0.369 e. The molecule has 0 saturated carbocycles. The molecule has 7 nitrogen and oxygen atoms in total. The van der Waals surface area contributed by atoms with Gasteiger partial charge >= 0.3 is 0 Å². The Labute approximate surface area is 162 Å². The van der Waals surface area contributed by atoms with Crippen molar-refractivity contribution in [1.82, 2.24) is 15.1 Å². The van der Waals surface area contributed by atoms with Crippen LogP contribution in [-0.2, 0) is 11.3 Å². The van der Waals surface area contributed by atoms with Crippen molar-refractivity contribution in [3.63, 3.8) is 0 Å². The van der Waals surface area contributed by atoms with Crippen LogP contribution in [0.4, 0.5) is 5.69 Å². The molecule has 1 aromatic heterocycles. The van der Waals surface area contributed by atoms with Gasteiger partial charge in [0.25, 0.3) is 5.91 Å². The first kappa shape index (κ1) is 18.2. The normalized spacial score (nSPS) is 17.5. The molecule has 4 rings (SSSR count). The summed E-state index contributed by atoms with van der Waals surface area (Å²) >= 11 is 0. The molecule has 1 atom stereocenters. The molecule has 4 N–H and O–H groups in total. The summed E-state index contributed by atoms with van der Waals surface area (Å²) in [5, 5.41) is 10.8. The van der Waals surface area contributed by atoms with Gasteiger partial charge in [-0.25, -0.2) is 0 Å². The summed E-state index contributed by atoms with van der Waals surface area (Å²) in [5.74, 6) is -0.473. The highest BCUT2D eigenvalue weighted by Crippen LogP contribution is 2.20. The van der Waals surface area contributed by atoms with Crippen LogP contribution in [0, 0.1) is 5.92 Å². The number of nitrogens with zero attached hydrogens (tertiary/aromatic N) is 2. The number of piperidine rings is 1. The van der Waals surface area contributed by atoms with Crippen molar-refractivity contribution in [2.24, 2.45) is 11.7 Å². The van der Waals surface area contributed by atoms with Gasteiger partial charge in [0.05, 0.1) is 17.6 Å². The third-order valence-corrected chi connectivity index (χ3v) is 5.20. The number of hydrogen-bond acceptors (Lipinski definition) is 4. The summed E-state index contributed by atoms with van der Waals surface area (Å²) in [4.78, 5) is 26.4. The topological polar surface area (TPSA) is 104 Å². The number of primary amides is 1. The molecule has 7 heteroatoms. The van der Waals surface area contributed by atoms with Crippen LogP contribution < -0.4 is 11.1 Å². The summed E-state index contributed by atoms with van der Waals surface area (Å²) in [7, 11) is 0. The molecule has 2 aromatic carbocycles. The number of hydrogen-bond donors (Lipinski definition) is 3. The summed E-state index contributed by atoms with van der Waals surface area (Å²) in [5.41, 5.74) is 8.70. The van der Waals surface area contributed by atoms with Crippen molar-refractivity contribution in [2.75, 3.05) is 18.4 Å². The van der Waals surface area contributed by atoms with E-state index in [-0.39, 0.29) is 17.7 Å². The van der Waals surface area contributed by atoms with Crippen molar-refractivity contribution >= 4 is 28.4 Å². The van der Waals surface area contributed by atoms with E-state index in [0.717, 1.165) is 35.9 Å². The van der Waals surface area contributed by atoms with Gasteiger partial charge in [0.2, 0.25) is 5.91 Å². The van der Waals surface area contributed by atoms with Gasteiger partial charge in [-0.1, -0.05) is 12.1 Å². The lowest BCUT2D eigenvalue weighted by atomic mass is 9.97. The van der Waals surface area contributed by atoms with Crippen LogP contribution >= 0.6 is 0 Å². The minimum Gasteiger partial charge on any atom is -0.369 e. The summed E-state index contributed by atoms with van der Waals surface area (Å²) in [6, 6.07) is 13.2. The first-order chi connectivity index (χ1) is 13.6. The summed E-state index contributed by atoms with van der Waals surface area (Å²) < 4.78 is 0. The quantitative estimate of drug-likeness (QED) is 0.635. The number of aromatic amines is 1. The first-order valence-corrected chi connectivity index (χ1v) is 9.43. The van der Waals surface area contributed by atoms with Gasteiger partial charge in [-0.2, -0.15) is 5.10 Å². The zero-order valence-electron chi connectivity index (χ0n) is 15.5. The van der Waals surface area contributed by atoms with Crippen LogP contribution in [0.1, 0.15) is 28.8 Å². The number of likely N-dealkylation sites (tertiary alicyclic amines) is 1. The molecule has 144 valence electrons. The fourth-order valence-corrected chi connectivity index (χ4v) is 3.72. The van der Waals surface area contributed by atoms with E-state index in [1.807, 2.05) is 36.4 Å². The Kier molecular flexibility index (Phi) is 5.08. The molecule has 0 radical (unpaired) electrons. The number of anilines is 1. The molecule has 2 heterocycles. The fraction of sp³-hybridized carbons (Fsp3) is 0.286. The van der Waals surface area contributed by atoms with Crippen LogP contribution in [-0.4, -0.2) is 40.0 Å². The predicted octanol–water partition coefficient (Wildman–Crippen LogP) is 2.51. The SMILES string of the molecule is NC(=O)C1CCCN(Cc2cccc(C(=O)Nc3ccc4cn[nH]c4c3)c2)C1. The molecule has 2 amide bonds. The zero-order chi connectivity index (χ0) is 19.5. The molecule has 0 bridgehead atoms. The first-order valence-electron chi connectivity index (χ1n) is 9.43. The lowest BCUT2D eigenvalue weighted by Crippen LogP contribution is -2.40. The molecule has 1 aliphatic heterocycles. The van der Waals surface area contributed by atoms with Crippen molar-refractivity contribution in [1.29, 1.82) is 0 Å². The fourth-order valence-electron chi connectivity index (χ4n) is 3.72. The van der Waals surface area contributed by atoms with E-state index >= 15 is 0 Å². The molecular formula is C21H23N5O2. The van der Waals surface area contributed by atoms with Crippen LogP contribution in [0.25, 0.3) is 10.9 Å². The summed E-state index contributed by atoms with van der Waals surface area (Å²) in [6.07, 6.45) is 3.56. The minimum atomic E-state index is -0.230. The number of H-pyrrole nitrogens is 1. The molecule has 0 spiro atoms. The highest BCUT2D eigenvalue weighted by atomic mass is 16.2. The van der Waals surface area contributed by atoms with E-state index in [0.29, 0.717) is 24.3 Å². The van der Waals surface area contributed by atoms with Gasteiger partial charge in [0.1, 0.15) is 0 Å². The van der Waals surface area contributed by atoms with Gasteiger partial charge < -0.3 is 11.1 Å². The predicted molar refractivity (Wildman–Crippen MR) is 108 cm³/mol. The maximum absolute atomic E-state index is 12.7. The standard InChI is InChI=1S/C21H23N5O2/c22-20(27)17-5-2-8-26(13-17)12-14-3-1-4-15(9-14)21(28)24-18-7-6-16-11-23-25-19(16)10-18/h1,3-4,6-7,9-11,17H,2,5,8,12-13H2,(H2,22,27)(H,23,25)(H,24,28). The second-order valence-electron chi connectivity index (χ2n) is 7.30. The summed E-state index contributed by atoms with van der Waals surface area (Å²) in [6.45, 7) is 2.31. The Morgan fingerprint density at radius 1 is 1.25 bits per heavy atom. The number of aromatic nitrogens is 2. The number of benzene rings is 2. The third kappa shape index (κ3) is 4.04. The Balaban J connectivity index is 1.43. The maximum atomic E-state index is 12.7. The van der Waals surface area contributed by atoms with E-state index in [1.165, 1.54) is 0 Å². The van der Waals surface area contributed by atoms with Gasteiger partial charge in [0.15, 0.2) is 0 Å². The van der Waals surface area contributed by atoms with Gasteiger partial charge in [0, 0.05) is 29.7 Å². The Bertz CT molecular complexity index is 1010. The molecule has 1 fully saturated rings. The van der Waals surface area contributed by atoms with Gasteiger partial charge in [-0.05, 0) is 55.3 Å². The van der Waals surface area contributed by atoms with E-state index in [9.17, 15) is 9.59 Å². The average molecular weight is 377 g/mol. The van der Waals surface area contributed by atoms with Crippen molar-refractivity contribution in [2.45, 2.75) is 19.4 Å². The number of carbonyl (C=O) groups excluding carboxylic acids is 2. The maximum Gasteiger partial charge on any atom is 0.255 e. The van der Waals surface area contributed by atoms with E-state index < -0.39 is 0 Å². The lowest BCUT2D eigenvalue weighted by Gasteiger charge is -2.31. The lowest BCUT2D eigenvalue weighted by molar-refractivity contribution is -0.123. The number of nitrogens with two attached hydrogens (primary N) is 1. The second kappa shape index (κ2) is 7.82. The van der Waals surface area contributed by atoms with Crippen LogP contribution in [0.2, 0.25) is 0 Å². The molecule has 1 saturated heterocycles. The molecule has 3 aromatic rings. The number of nitrogens with one attached hydrogen (secondary N) is 2. The smallest absolute Gasteiger partial charge is 0.255 e. The Morgan fingerprint density at radius 2 is 2.14 bits per heavy atom. The van der Waals surface area contributed by atoms with Gasteiger partial charge in [-0.3, -0.25) is 19.6 Å². The van der Waals surface area contributed by atoms with Crippen LogP contribution in [0.3, 0.4) is 0 Å². The van der Waals surface area contributed by atoms with E-state index in [1.54, 1.807) is 12.3 Å². The third-order valence-electron chi connectivity index (χ3n) is 5.20. The second-order valence-corrected chi connectivity index (χ2v) is 7.30.